The third-order valence-corrected chi connectivity index (χ3v) is 6.63. The van der Waals surface area contributed by atoms with Crippen molar-refractivity contribution in [3.63, 3.8) is 0 Å². The zero-order chi connectivity index (χ0) is 25.5. The molecule has 1 saturated carbocycles. The first-order valence-corrected chi connectivity index (χ1v) is 12.6. The van der Waals surface area contributed by atoms with E-state index in [1.807, 2.05) is 48.5 Å². The molecule has 5 nitrogen and oxygen atoms in total. The van der Waals surface area contributed by atoms with E-state index in [4.69, 9.17) is 21.1 Å². The second kappa shape index (κ2) is 12.3. The topological polar surface area (TPSA) is 67.8 Å². The number of aliphatic hydroxyl groups excluding tert-OH is 1. The van der Waals surface area contributed by atoms with E-state index < -0.39 is 6.10 Å². The van der Waals surface area contributed by atoms with Crippen LogP contribution in [0.1, 0.15) is 37.3 Å². The van der Waals surface area contributed by atoms with Gasteiger partial charge in [-0.25, -0.2) is 4.39 Å². The first-order valence-electron chi connectivity index (χ1n) is 12.2. The standard InChI is InChI=1S/C29H31ClFNO4/c1-19(33)32-14-13-21-7-10-26(16-27(21)22-3-2-4-24(31)15-22)36-29-12-11-25(17-28(29)34)35-18-20-5-8-23(30)9-6-20/h2-10,15-16,25,28-29,34H,11-14,17-18H2,1H3,(H,32,33)/t25?,28-,29?/m1/s1. The van der Waals surface area contributed by atoms with Gasteiger partial charge in [-0.05, 0) is 77.9 Å². The minimum absolute atomic E-state index is 0.0467. The number of carbonyl (C=O) groups excluding carboxylic acids is 1. The molecule has 3 atom stereocenters. The molecule has 0 radical (unpaired) electrons. The molecule has 1 fully saturated rings. The van der Waals surface area contributed by atoms with Gasteiger partial charge in [-0.15, -0.1) is 0 Å². The third-order valence-electron chi connectivity index (χ3n) is 6.38. The minimum Gasteiger partial charge on any atom is -0.488 e. The Morgan fingerprint density at radius 3 is 2.64 bits per heavy atom. The quantitative estimate of drug-likeness (QED) is 0.386. The van der Waals surface area contributed by atoms with Gasteiger partial charge in [-0.1, -0.05) is 41.9 Å². The molecule has 190 valence electrons. The van der Waals surface area contributed by atoms with E-state index in [0.717, 1.165) is 28.7 Å². The Labute approximate surface area is 216 Å². The van der Waals surface area contributed by atoms with Crippen LogP contribution in [-0.4, -0.2) is 35.9 Å². The second-order valence-electron chi connectivity index (χ2n) is 9.16. The third kappa shape index (κ3) is 7.29. The minimum atomic E-state index is -0.661. The number of hydrogen-bond acceptors (Lipinski definition) is 4. The molecule has 36 heavy (non-hydrogen) atoms. The van der Waals surface area contributed by atoms with Gasteiger partial charge in [0.15, 0.2) is 0 Å². The highest BCUT2D eigenvalue weighted by molar-refractivity contribution is 6.30. The van der Waals surface area contributed by atoms with Gasteiger partial charge < -0.3 is 19.9 Å². The summed E-state index contributed by atoms with van der Waals surface area (Å²) in [7, 11) is 0. The average molecular weight is 512 g/mol. The number of hydrogen-bond donors (Lipinski definition) is 2. The number of aliphatic hydroxyl groups is 1. The summed E-state index contributed by atoms with van der Waals surface area (Å²) in [5.74, 6) is 0.199. The van der Waals surface area contributed by atoms with Crippen LogP contribution in [0.3, 0.4) is 0 Å². The van der Waals surface area contributed by atoms with Crippen LogP contribution in [0.15, 0.2) is 66.7 Å². The molecule has 4 rings (SSSR count). The number of halogens is 2. The number of rotatable bonds is 9. The molecule has 0 heterocycles. The van der Waals surface area contributed by atoms with Gasteiger partial charge in [0, 0.05) is 24.9 Å². The van der Waals surface area contributed by atoms with Crippen molar-refractivity contribution in [3.05, 3.63) is 88.7 Å². The first-order chi connectivity index (χ1) is 17.4. The van der Waals surface area contributed by atoms with Crippen LogP contribution in [0.5, 0.6) is 5.75 Å². The summed E-state index contributed by atoms with van der Waals surface area (Å²) in [6, 6.07) is 19.6. The van der Waals surface area contributed by atoms with Crippen LogP contribution in [0.25, 0.3) is 11.1 Å². The van der Waals surface area contributed by atoms with E-state index in [9.17, 15) is 14.3 Å². The zero-order valence-electron chi connectivity index (χ0n) is 20.3. The van der Waals surface area contributed by atoms with Gasteiger partial charge in [0.1, 0.15) is 17.7 Å². The Kier molecular flexibility index (Phi) is 8.97. The van der Waals surface area contributed by atoms with Crippen molar-refractivity contribution in [2.24, 2.45) is 0 Å². The molecule has 1 amide bonds. The maximum absolute atomic E-state index is 14.0. The van der Waals surface area contributed by atoms with E-state index in [2.05, 4.69) is 5.32 Å². The summed E-state index contributed by atoms with van der Waals surface area (Å²) in [6.45, 7) is 2.43. The molecule has 0 aliphatic heterocycles. The molecule has 2 unspecified atom stereocenters. The molecule has 0 saturated heterocycles. The van der Waals surface area contributed by atoms with Crippen LogP contribution in [0.4, 0.5) is 4.39 Å². The van der Waals surface area contributed by atoms with Gasteiger partial charge in [0.2, 0.25) is 5.91 Å². The zero-order valence-corrected chi connectivity index (χ0v) is 21.0. The predicted molar refractivity (Wildman–Crippen MR) is 139 cm³/mol. The fourth-order valence-electron chi connectivity index (χ4n) is 4.48. The Morgan fingerprint density at radius 1 is 1.11 bits per heavy atom. The van der Waals surface area contributed by atoms with Gasteiger partial charge in [-0.2, -0.15) is 0 Å². The highest BCUT2D eigenvalue weighted by atomic mass is 35.5. The van der Waals surface area contributed by atoms with Crippen LogP contribution in [-0.2, 0) is 22.6 Å². The number of carbonyl (C=O) groups is 1. The summed E-state index contributed by atoms with van der Waals surface area (Å²) >= 11 is 5.94. The summed E-state index contributed by atoms with van der Waals surface area (Å²) in [6.07, 6.45) is 1.47. The summed E-state index contributed by atoms with van der Waals surface area (Å²) in [5.41, 5.74) is 3.59. The van der Waals surface area contributed by atoms with Crippen LogP contribution < -0.4 is 10.1 Å². The van der Waals surface area contributed by atoms with Crippen LogP contribution >= 0.6 is 11.6 Å². The number of amides is 1. The van der Waals surface area contributed by atoms with Crippen molar-refractivity contribution >= 4 is 17.5 Å². The smallest absolute Gasteiger partial charge is 0.216 e. The number of ether oxygens (including phenoxy) is 2. The van der Waals surface area contributed by atoms with E-state index in [1.165, 1.54) is 19.1 Å². The molecular weight excluding hydrogens is 481 g/mol. The lowest BCUT2D eigenvalue weighted by Crippen LogP contribution is -2.40. The number of benzene rings is 3. The van der Waals surface area contributed by atoms with Crippen molar-refractivity contribution in [2.45, 2.75) is 57.5 Å². The fraction of sp³-hybridized carbons (Fsp3) is 0.345. The van der Waals surface area contributed by atoms with E-state index in [1.54, 1.807) is 6.07 Å². The maximum Gasteiger partial charge on any atom is 0.216 e. The van der Waals surface area contributed by atoms with E-state index >= 15 is 0 Å². The monoisotopic (exact) mass is 511 g/mol. The second-order valence-corrected chi connectivity index (χ2v) is 9.59. The molecule has 3 aromatic carbocycles. The van der Waals surface area contributed by atoms with Crippen molar-refractivity contribution in [1.29, 1.82) is 0 Å². The summed E-state index contributed by atoms with van der Waals surface area (Å²) in [4.78, 5) is 11.3. The SMILES string of the molecule is CC(=O)NCCc1ccc(OC2CCC(OCc3ccc(Cl)cc3)C[C@H]2O)cc1-c1cccc(F)c1. The van der Waals surface area contributed by atoms with Crippen molar-refractivity contribution < 1.29 is 23.8 Å². The molecule has 1 aliphatic rings. The first kappa shape index (κ1) is 26.1. The number of nitrogens with one attached hydrogen (secondary N) is 1. The molecule has 1 aliphatic carbocycles. The Hall–Kier alpha value is -2.93. The normalized spacial score (nSPS) is 19.6. The fourth-order valence-corrected chi connectivity index (χ4v) is 4.61. The van der Waals surface area contributed by atoms with Gasteiger partial charge in [0.05, 0.1) is 18.8 Å². The molecule has 0 bridgehead atoms. The Morgan fingerprint density at radius 2 is 1.92 bits per heavy atom. The molecule has 3 aromatic rings. The Balaban J connectivity index is 1.40. The molecule has 7 heteroatoms. The lowest BCUT2D eigenvalue weighted by Gasteiger charge is -2.33. The highest BCUT2D eigenvalue weighted by Gasteiger charge is 2.31. The average Bonchev–Trinajstić information content (AvgIpc) is 2.85. The van der Waals surface area contributed by atoms with Crippen LogP contribution in [0.2, 0.25) is 5.02 Å². The van der Waals surface area contributed by atoms with Crippen molar-refractivity contribution in [2.75, 3.05) is 6.54 Å². The predicted octanol–water partition coefficient (Wildman–Crippen LogP) is 5.70. The van der Waals surface area contributed by atoms with Crippen LogP contribution in [0, 0.1) is 5.82 Å². The van der Waals surface area contributed by atoms with Crippen molar-refractivity contribution in [1.82, 2.24) is 5.32 Å². The summed E-state index contributed by atoms with van der Waals surface area (Å²) in [5, 5.41) is 14.3. The maximum atomic E-state index is 14.0. The largest absolute Gasteiger partial charge is 0.488 e. The lowest BCUT2D eigenvalue weighted by molar-refractivity contribution is -0.118. The summed E-state index contributed by atoms with van der Waals surface area (Å²) < 4.78 is 26.2. The van der Waals surface area contributed by atoms with Crippen molar-refractivity contribution in [3.8, 4) is 16.9 Å². The Bertz CT molecular complexity index is 1170. The molecule has 0 aromatic heterocycles. The molecular formula is C29H31ClFNO4. The van der Waals surface area contributed by atoms with Gasteiger partial charge in [0.25, 0.3) is 0 Å². The lowest BCUT2D eigenvalue weighted by atomic mass is 9.92. The molecule has 0 spiro atoms. The highest BCUT2D eigenvalue weighted by Crippen LogP contribution is 2.32. The van der Waals surface area contributed by atoms with E-state index in [-0.39, 0.29) is 23.9 Å². The van der Waals surface area contributed by atoms with E-state index in [0.29, 0.717) is 43.2 Å². The van der Waals surface area contributed by atoms with Gasteiger partial charge >= 0.3 is 0 Å². The molecule has 2 N–H and O–H groups in total. The van der Waals surface area contributed by atoms with Gasteiger partial charge in [-0.3, -0.25) is 4.79 Å².